The van der Waals surface area contributed by atoms with Crippen molar-refractivity contribution in [3.63, 3.8) is 0 Å². The number of nitrogen functional groups attached to an aromatic ring is 2. The Kier molecular flexibility index (Phi) is 7.06. The largest absolute Gasteiger partial charge is 0.382 e. The summed E-state index contributed by atoms with van der Waals surface area (Å²) in [6, 6.07) is 0. The van der Waals surface area contributed by atoms with E-state index in [9.17, 15) is 4.79 Å². The van der Waals surface area contributed by atoms with Gasteiger partial charge in [-0.05, 0) is 6.26 Å². The normalized spacial score (nSPS) is 10.6. The van der Waals surface area contributed by atoms with Crippen LogP contribution in [0.2, 0.25) is 5.15 Å². The highest BCUT2D eigenvalue weighted by Crippen LogP contribution is 2.18. The summed E-state index contributed by atoms with van der Waals surface area (Å²) in [5.74, 6) is -0.888. The van der Waals surface area contributed by atoms with Crippen LogP contribution in [0.25, 0.3) is 0 Å². The molecule has 1 aromatic heterocycles. The summed E-state index contributed by atoms with van der Waals surface area (Å²) in [5, 5.41) is -0.00498. The zero-order valence-corrected chi connectivity index (χ0v) is 11.8. The third-order valence-electron chi connectivity index (χ3n) is 1.53. The maximum absolute atomic E-state index is 11.5. The summed E-state index contributed by atoms with van der Waals surface area (Å²) in [7, 11) is 0. The second-order valence-corrected chi connectivity index (χ2v) is 3.78. The molecule has 18 heavy (non-hydrogen) atoms. The molecule has 1 heterocycles. The highest BCUT2D eigenvalue weighted by molar-refractivity contribution is 8.13. The molecule has 0 spiro atoms. The summed E-state index contributed by atoms with van der Waals surface area (Å²) >= 11 is 6.73. The molecule has 0 aliphatic carbocycles. The third kappa shape index (κ3) is 4.38. The van der Waals surface area contributed by atoms with Crippen LogP contribution in [-0.4, -0.2) is 27.3 Å². The van der Waals surface area contributed by atoms with E-state index in [1.54, 1.807) is 6.26 Å². The van der Waals surface area contributed by atoms with Crippen LogP contribution < -0.4 is 17.2 Å². The number of anilines is 2. The zero-order chi connectivity index (χ0) is 14.3. The summed E-state index contributed by atoms with van der Waals surface area (Å²) in [5.41, 5.74) is 16.0. The van der Waals surface area contributed by atoms with Gasteiger partial charge in [0.25, 0.3) is 0 Å². The van der Waals surface area contributed by atoms with E-state index in [1.165, 1.54) is 0 Å². The lowest BCUT2D eigenvalue weighted by atomic mass is 10.4. The number of amides is 1. The minimum atomic E-state index is -0.709. The topological polar surface area (TPSA) is 133 Å². The van der Waals surface area contributed by atoms with Crippen LogP contribution in [0.3, 0.4) is 0 Å². The van der Waals surface area contributed by atoms with Crippen molar-refractivity contribution in [2.45, 2.75) is 13.8 Å². The number of nitrogens with zero attached hydrogens (tertiary/aromatic N) is 3. The number of carbonyl (C=O) groups is 1. The average molecular weight is 291 g/mol. The molecule has 0 aromatic carbocycles. The van der Waals surface area contributed by atoms with Gasteiger partial charge in [-0.25, -0.2) is 9.97 Å². The number of amidine groups is 1. The number of thioether (sulfide) groups is 1. The molecule has 0 saturated carbocycles. The van der Waals surface area contributed by atoms with Crippen LogP contribution in [0.15, 0.2) is 4.99 Å². The van der Waals surface area contributed by atoms with Crippen LogP contribution in [0.1, 0.15) is 24.3 Å². The molecule has 100 valence electrons. The van der Waals surface area contributed by atoms with Crippen molar-refractivity contribution in [1.82, 2.24) is 9.97 Å². The number of hydrogen-bond acceptors (Lipinski definition) is 6. The monoisotopic (exact) mass is 290 g/mol. The van der Waals surface area contributed by atoms with E-state index in [0.717, 1.165) is 11.8 Å². The van der Waals surface area contributed by atoms with Crippen LogP contribution >= 0.6 is 23.4 Å². The molecule has 1 rings (SSSR count). The fourth-order valence-corrected chi connectivity index (χ4v) is 1.10. The fourth-order valence-electron chi connectivity index (χ4n) is 0.798. The van der Waals surface area contributed by atoms with Crippen LogP contribution in [0.4, 0.5) is 11.6 Å². The minimum absolute atomic E-state index is 0.0439. The molecule has 1 aromatic rings. The van der Waals surface area contributed by atoms with Crippen molar-refractivity contribution in [3.05, 3.63) is 10.8 Å². The minimum Gasteiger partial charge on any atom is -0.382 e. The van der Waals surface area contributed by atoms with Crippen molar-refractivity contribution >= 4 is 46.1 Å². The molecular weight excluding hydrogens is 276 g/mol. The number of rotatable bonds is 1. The lowest BCUT2D eigenvalue weighted by Crippen LogP contribution is -2.13. The molecule has 1 amide bonds. The summed E-state index contributed by atoms with van der Waals surface area (Å²) in [4.78, 5) is 22.4. The van der Waals surface area contributed by atoms with Crippen LogP contribution in [-0.2, 0) is 0 Å². The third-order valence-corrected chi connectivity index (χ3v) is 2.32. The molecule has 0 aliphatic rings. The molecule has 9 heteroatoms. The SMILES string of the molecule is CC.CSC(N)=NC(=O)c1nc(Cl)c(N)nc1N. The quantitative estimate of drug-likeness (QED) is 0.521. The van der Waals surface area contributed by atoms with Gasteiger partial charge in [0.2, 0.25) is 0 Å². The van der Waals surface area contributed by atoms with Gasteiger partial charge in [-0.2, -0.15) is 4.99 Å². The molecule has 7 nitrogen and oxygen atoms in total. The van der Waals surface area contributed by atoms with Crippen LogP contribution in [0, 0.1) is 0 Å². The molecular formula is C9H15ClN6OS. The van der Waals surface area contributed by atoms with Crippen molar-refractivity contribution in [2.75, 3.05) is 17.7 Å². The summed E-state index contributed by atoms with van der Waals surface area (Å²) in [6.07, 6.45) is 1.68. The first-order valence-corrected chi connectivity index (χ1v) is 6.57. The zero-order valence-electron chi connectivity index (χ0n) is 10.3. The Morgan fingerprint density at radius 3 is 2.33 bits per heavy atom. The number of aliphatic imine (C=N–C) groups is 1. The predicted molar refractivity (Wildman–Crippen MR) is 76.7 cm³/mol. The lowest BCUT2D eigenvalue weighted by Gasteiger charge is -2.02. The summed E-state index contributed by atoms with van der Waals surface area (Å²) in [6.45, 7) is 4.00. The van der Waals surface area contributed by atoms with Gasteiger partial charge in [0.1, 0.15) is 0 Å². The maximum atomic E-state index is 11.5. The average Bonchev–Trinajstić information content (AvgIpc) is 2.35. The molecule has 0 fully saturated rings. The number of nitrogens with two attached hydrogens (primary N) is 3. The van der Waals surface area contributed by atoms with Gasteiger partial charge in [-0.1, -0.05) is 37.2 Å². The Hall–Kier alpha value is -1.54. The molecule has 0 aliphatic heterocycles. The van der Waals surface area contributed by atoms with Gasteiger partial charge in [-0.3, -0.25) is 4.79 Å². The Bertz CT molecular complexity index is 465. The van der Waals surface area contributed by atoms with Crippen molar-refractivity contribution in [3.8, 4) is 0 Å². The van der Waals surface area contributed by atoms with E-state index in [2.05, 4.69) is 15.0 Å². The first kappa shape index (κ1) is 16.5. The first-order valence-electron chi connectivity index (χ1n) is 4.96. The molecule has 0 atom stereocenters. The standard InChI is InChI=1S/C7H9ClN6OS.C2H6/c1-16-7(11)14-6(15)2-4(9)13-5(10)3(8)12-2;1-2/h1H3,(H4,9,10,13)(H2,11,14,15);1-2H3. The highest BCUT2D eigenvalue weighted by Gasteiger charge is 2.15. The second kappa shape index (κ2) is 7.72. The molecule has 0 radical (unpaired) electrons. The summed E-state index contributed by atoms with van der Waals surface area (Å²) < 4.78 is 0. The van der Waals surface area contributed by atoms with Crippen molar-refractivity contribution in [1.29, 1.82) is 0 Å². The number of halogens is 1. The van der Waals surface area contributed by atoms with E-state index in [0.29, 0.717) is 0 Å². The Morgan fingerprint density at radius 1 is 1.28 bits per heavy atom. The van der Waals surface area contributed by atoms with E-state index in [1.807, 2.05) is 13.8 Å². The Labute approximate surface area is 114 Å². The second-order valence-electron chi connectivity index (χ2n) is 2.59. The molecule has 0 saturated heterocycles. The number of carbonyl (C=O) groups excluding carboxylic acids is 1. The van der Waals surface area contributed by atoms with E-state index < -0.39 is 5.91 Å². The smallest absolute Gasteiger partial charge is 0.301 e. The molecule has 0 unspecified atom stereocenters. The van der Waals surface area contributed by atoms with Gasteiger partial charge in [0, 0.05) is 0 Å². The van der Waals surface area contributed by atoms with E-state index in [4.69, 9.17) is 28.8 Å². The Balaban J connectivity index is 0.00000137. The van der Waals surface area contributed by atoms with Crippen LogP contribution in [0.5, 0.6) is 0 Å². The molecule has 0 bridgehead atoms. The van der Waals surface area contributed by atoms with Gasteiger partial charge in [-0.15, -0.1) is 0 Å². The molecule has 6 N–H and O–H groups in total. The van der Waals surface area contributed by atoms with E-state index >= 15 is 0 Å². The van der Waals surface area contributed by atoms with Gasteiger partial charge >= 0.3 is 5.91 Å². The van der Waals surface area contributed by atoms with Crippen molar-refractivity contribution in [2.24, 2.45) is 10.7 Å². The van der Waals surface area contributed by atoms with Crippen molar-refractivity contribution < 1.29 is 4.79 Å². The number of hydrogen-bond donors (Lipinski definition) is 3. The number of aromatic nitrogens is 2. The van der Waals surface area contributed by atoms with Gasteiger partial charge < -0.3 is 17.2 Å². The van der Waals surface area contributed by atoms with E-state index in [-0.39, 0.29) is 27.7 Å². The Morgan fingerprint density at radius 2 is 1.83 bits per heavy atom. The highest BCUT2D eigenvalue weighted by atomic mass is 35.5. The first-order chi connectivity index (χ1) is 8.45. The van der Waals surface area contributed by atoms with Gasteiger partial charge in [0.15, 0.2) is 27.7 Å². The fraction of sp³-hybridized carbons (Fsp3) is 0.333. The maximum Gasteiger partial charge on any atom is 0.301 e. The van der Waals surface area contributed by atoms with Gasteiger partial charge in [0.05, 0.1) is 0 Å². The lowest BCUT2D eigenvalue weighted by molar-refractivity contribution is 0.0999. The predicted octanol–water partition coefficient (Wildman–Crippen LogP) is 1.14.